The van der Waals surface area contributed by atoms with Crippen molar-refractivity contribution in [3.05, 3.63) is 65.2 Å². The minimum atomic E-state index is 0.255. The number of rotatable bonds is 6. The first-order valence-electron chi connectivity index (χ1n) is 7.13. The molecule has 0 aliphatic rings. The Hall–Kier alpha value is -2.80. The molecule has 0 amide bonds. The van der Waals surface area contributed by atoms with E-state index in [0.717, 1.165) is 22.4 Å². The predicted molar refractivity (Wildman–Crippen MR) is 85.7 cm³/mol. The van der Waals surface area contributed by atoms with Crippen LogP contribution in [0.5, 0.6) is 5.75 Å². The van der Waals surface area contributed by atoms with Gasteiger partial charge in [0.05, 0.1) is 0 Å². The maximum atomic E-state index is 9.26. The molecular formula is C18H18N2O2. The average molecular weight is 294 g/mol. The number of aryl methyl sites for hydroxylation is 1. The van der Waals surface area contributed by atoms with Crippen LogP contribution in [0.15, 0.2) is 53.7 Å². The first-order valence-corrected chi connectivity index (χ1v) is 7.13. The maximum Gasteiger partial charge on any atom is 0.187 e. The van der Waals surface area contributed by atoms with E-state index in [1.807, 2.05) is 62.4 Å². The molecule has 2 aromatic carbocycles. The van der Waals surface area contributed by atoms with Crippen LogP contribution >= 0.6 is 0 Å². The molecule has 0 saturated heterocycles. The molecule has 4 heteroatoms. The number of hydrogen-bond donors (Lipinski definition) is 0. The highest BCUT2D eigenvalue weighted by Crippen LogP contribution is 2.19. The average Bonchev–Trinajstić information content (AvgIpc) is 2.56. The first-order chi connectivity index (χ1) is 10.8. The largest absolute Gasteiger partial charge is 0.489 e. The molecule has 0 aromatic heterocycles. The Morgan fingerprint density at radius 1 is 1.14 bits per heavy atom. The SMILES string of the molecule is CCO/N=C(\C#N)c1ccccc1COc1ccccc1C. The standard InChI is InChI=1S/C18H18N2O2/c1-3-22-20-17(12-19)16-10-6-5-9-15(16)13-21-18-11-7-4-8-14(18)2/h4-11H,3,13H2,1-2H3/b20-17+. The van der Waals surface area contributed by atoms with Crippen LogP contribution in [0.25, 0.3) is 0 Å². The zero-order valence-electron chi connectivity index (χ0n) is 12.7. The van der Waals surface area contributed by atoms with Gasteiger partial charge in [-0.25, -0.2) is 0 Å². The van der Waals surface area contributed by atoms with Crippen LogP contribution in [-0.2, 0) is 11.4 Å². The lowest BCUT2D eigenvalue weighted by Gasteiger charge is -2.11. The molecule has 0 spiro atoms. The third-order valence-electron chi connectivity index (χ3n) is 3.14. The fourth-order valence-electron chi connectivity index (χ4n) is 2.01. The van der Waals surface area contributed by atoms with Crippen LogP contribution in [-0.4, -0.2) is 12.3 Å². The Morgan fingerprint density at radius 2 is 1.86 bits per heavy atom. The van der Waals surface area contributed by atoms with Gasteiger partial charge >= 0.3 is 0 Å². The van der Waals surface area contributed by atoms with E-state index in [-0.39, 0.29) is 5.71 Å². The predicted octanol–water partition coefficient (Wildman–Crippen LogP) is 3.84. The van der Waals surface area contributed by atoms with Gasteiger partial charge in [0.25, 0.3) is 0 Å². The van der Waals surface area contributed by atoms with Crippen molar-refractivity contribution in [3.63, 3.8) is 0 Å². The molecule has 0 aliphatic heterocycles. The molecule has 2 rings (SSSR count). The Morgan fingerprint density at radius 3 is 2.59 bits per heavy atom. The highest BCUT2D eigenvalue weighted by Gasteiger charge is 2.10. The summed E-state index contributed by atoms with van der Waals surface area (Å²) in [5, 5.41) is 13.1. The molecule has 0 fully saturated rings. The second kappa shape index (κ2) is 7.84. The summed E-state index contributed by atoms with van der Waals surface area (Å²) >= 11 is 0. The van der Waals surface area contributed by atoms with Gasteiger partial charge in [0.2, 0.25) is 0 Å². The number of benzene rings is 2. The van der Waals surface area contributed by atoms with E-state index >= 15 is 0 Å². The van der Waals surface area contributed by atoms with Gasteiger partial charge < -0.3 is 9.57 Å². The number of nitrogens with zero attached hydrogens (tertiary/aromatic N) is 2. The Balaban J connectivity index is 2.22. The van der Waals surface area contributed by atoms with Gasteiger partial charge in [-0.05, 0) is 31.0 Å². The zero-order valence-corrected chi connectivity index (χ0v) is 12.7. The summed E-state index contributed by atoms with van der Waals surface area (Å²) in [6.07, 6.45) is 0. The van der Waals surface area contributed by atoms with Gasteiger partial charge in [0, 0.05) is 5.56 Å². The van der Waals surface area contributed by atoms with Crippen LogP contribution in [0.1, 0.15) is 23.6 Å². The van der Waals surface area contributed by atoms with Crippen molar-refractivity contribution in [1.29, 1.82) is 5.26 Å². The quantitative estimate of drug-likeness (QED) is 0.601. The summed E-state index contributed by atoms with van der Waals surface area (Å²) in [4.78, 5) is 5.00. The minimum absolute atomic E-state index is 0.255. The van der Waals surface area contributed by atoms with Crippen molar-refractivity contribution in [1.82, 2.24) is 0 Å². The number of hydrogen-bond acceptors (Lipinski definition) is 4. The summed E-state index contributed by atoms with van der Waals surface area (Å²) in [6.45, 7) is 4.62. The van der Waals surface area contributed by atoms with Crippen LogP contribution in [0.4, 0.5) is 0 Å². The van der Waals surface area contributed by atoms with E-state index in [2.05, 4.69) is 11.2 Å². The molecule has 2 aromatic rings. The summed E-state index contributed by atoms with van der Waals surface area (Å²) in [6, 6.07) is 17.5. The molecule has 4 nitrogen and oxygen atoms in total. The van der Waals surface area contributed by atoms with Crippen molar-refractivity contribution < 1.29 is 9.57 Å². The van der Waals surface area contributed by atoms with Gasteiger partial charge in [-0.1, -0.05) is 47.6 Å². The van der Waals surface area contributed by atoms with Crippen LogP contribution in [0.2, 0.25) is 0 Å². The second-order valence-electron chi connectivity index (χ2n) is 4.68. The Kier molecular flexibility index (Phi) is 5.56. The molecule has 0 bridgehead atoms. The lowest BCUT2D eigenvalue weighted by atomic mass is 10.0. The number of para-hydroxylation sites is 1. The van der Waals surface area contributed by atoms with Crippen LogP contribution in [0.3, 0.4) is 0 Å². The highest BCUT2D eigenvalue weighted by molar-refractivity contribution is 6.12. The molecule has 0 saturated carbocycles. The van der Waals surface area contributed by atoms with Crippen molar-refractivity contribution in [2.45, 2.75) is 20.5 Å². The van der Waals surface area contributed by atoms with Gasteiger partial charge in [-0.3, -0.25) is 0 Å². The molecule has 0 unspecified atom stereocenters. The fraction of sp³-hybridized carbons (Fsp3) is 0.222. The summed E-state index contributed by atoms with van der Waals surface area (Å²) in [5.41, 5.74) is 2.95. The summed E-state index contributed by atoms with van der Waals surface area (Å²) in [5.74, 6) is 0.831. The molecule has 0 heterocycles. The smallest absolute Gasteiger partial charge is 0.187 e. The van der Waals surface area contributed by atoms with Crippen LogP contribution in [0, 0.1) is 18.3 Å². The van der Waals surface area contributed by atoms with Crippen molar-refractivity contribution >= 4 is 5.71 Å². The highest BCUT2D eigenvalue weighted by atomic mass is 16.6. The number of oxime groups is 1. The molecular weight excluding hydrogens is 276 g/mol. The van der Waals surface area contributed by atoms with Crippen molar-refractivity contribution in [3.8, 4) is 11.8 Å². The van der Waals surface area contributed by atoms with E-state index < -0.39 is 0 Å². The number of ether oxygens (including phenoxy) is 1. The van der Waals surface area contributed by atoms with Gasteiger partial charge in [-0.2, -0.15) is 5.26 Å². The first kappa shape index (κ1) is 15.6. The zero-order chi connectivity index (χ0) is 15.8. The second-order valence-corrected chi connectivity index (χ2v) is 4.68. The number of nitriles is 1. The molecule has 0 aliphatic carbocycles. The summed E-state index contributed by atoms with van der Waals surface area (Å²) < 4.78 is 5.86. The van der Waals surface area contributed by atoms with Gasteiger partial charge in [0.1, 0.15) is 25.0 Å². The van der Waals surface area contributed by atoms with Crippen molar-refractivity contribution in [2.24, 2.45) is 5.16 Å². The van der Waals surface area contributed by atoms with Gasteiger partial charge in [0.15, 0.2) is 5.71 Å². The third-order valence-corrected chi connectivity index (χ3v) is 3.14. The monoisotopic (exact) mass is 294 g/mol. The molecule has 22 heavy (non-hydrogen) atoms. The van der Waals surface area contributed by atoms with Crippen molar-refractivity contribution in [2.75, 3.05) is 6.61 Å². The van der Waals surface area contributed by atoms with Gasteiger partial charge in [-0.15, -0.1) is 0 Å². The lowest BCUT2D eigenvalue weighted by Crippen LogP contribution is -2.07. The van der Waals surface area contributed by atoms with E-state index in [9.17, 15) is 5.26 Å². The Labute approximate surface area is 130 Å². The molecule has 0 atom stereocenters. The topological polar surface area (TPSA) is 54.6 Å². The Bertz CT molecular complexity index is 702. The fourth-order valence-corrected chi connectivity index (χ4v) is 2.01. The van der Waals surface area contributed by atoms with E-state index in [1.54, 1.807) is 0 Å². The normalized spacial score (nSPS) is 10.9. The summed E-state index contributed by atoms with van der Waals surface area (Å²) in [7, 11) is 0. The van der Waals surface area contributed by atoms with E-state index in [4.69, 9.17) is 9.57 Å². The lowest BCUT2D eigenvalue weighted by molar-refractivity contribution is 0.159. The van der Waals surface area contributed by atoms with E-state index in [0.29, 0.717) is 13.2 Å². The molecule has 0 radical (unpaired) electrons. The third kappa shape index (κ3) is 3.86. The minimum Gasteiger partial charge on any atom is -0.489 e. The van der Waals surface area contributed by atoms with Crippen LogP contribution < -0.4 is 4.74 Å². The molecule has 0 N–H and O–H groups in total. The van der Waals surface area contributed by atoms with E-state index in [1.165, 1.54) is 0 Å². The maximum absolute atomic E-state index is 9.26. The molecule has 112 valence electrons.